The van der Waals surface area contributed by atoms with Crippen molar-refractivity contribution in [3.05, 3.63) is 69.8 Å². The summed E-state index contributed by atoms with van der Waals surface area (Å²) >= 11 is 0. The van der Waals surface area contributed by atoms with Crippen LogP contribution in [0.1, 0.15) is 99.5 Å². The van der Waals surface area contributed by atoms with Crippen molar-refractivity contribution >= 4 is 23.9 Å². The molecule has 10 heteroatoms. The van der Waals surface area contributed by atoms with Gasteiger partial charge < -0.3 is 31.6 Å². The molecule has 0 saturated heterocycles. The molecule has 0 aliphatic carbocycles. The lowest BCUT2D eigenvalue weighted by Crippen LogP contribution is -2.30. The van der Waals surface area contributed by atoms with Crippen molar-refractivity contribution in [2.75, 3.05) is 39.3 Å². The van der Waals surface area contributed by atoms with E-state index < -0.39 is 23.9 Å². The molecule has 10 nitrogen and oxygen atoms in total. The molecule has 0 amide bonds. The Hall–Kier alpha value is -3.44. The van der Waals surface area contributed by atoms with Crippen LogP contribution in [0.4, 0.5) is 0 Å². The number of hydrogen-bond acceptors (Lipinski definition) is 10. The predicted octanol–water partition coefficient (Wildman–Crippen LogP) is 3.29. The highest BCUT2D eigenvalue weighted by Crippen LogP contribution is 2.25. The van der Waals surface area contributed by atoms with Gasteiger partial charge in [-0.1, -0.05) is 39.8 Å². The third kappa shape index (κ3) is 9.95. The maximum Gasteiger partial charge on any atom is 0.346 e. The molecule has 220 valence electrons. The molecule has 2 aromatic carbocycles. The van der Waals surface area contributed by atoms with Gasteiger partial charge in [0.15, 0.2) is 0 Å². The molecule has 0 bridgehead atoms. The number of fused-ring (bicyclic) bond motifs is 2. The molecule has 0 fully saturated rings. The van der Waals surface area contributed by atoms with Gasteiger partial charge in [0.2, 0.25) is 0 Å². The zero-order chi connectivity index (χ0) is 30.1. The lowest BCUT2D eigenvalue weighted by molar-refractivity contribution is 0.0425. The number of rotatable bonds is 11. The SMILES string of the molecule is CC.CC.NCCCN(CCCN)CCCN.O=C1OC(=O)c2cc(Cc3ccc4c(c3)C(=O)OC4=O)ccc21. The summed E-state index contributed by atoms with van der Waals surface area (Å²) in [4.78, 5) is 48.4. The summed E-state index contributed by atoms with van der Waals surface area (Å²) in [6.07, 6.45) is 3.63. The first kappa shape index (κ1) is 34.6. The van der Waals surface area contributed by atoms with Crippen molar-refractivity contribution in [3.8, 4) is 0 Å². The first-order valence-corrected chi connectivity index (χ1v) is 14.0. The zero-order valence-electron chi connectivity index (χ0n) is 24.2. The Morgan fingerprint density at radius 3 is 1.20 bits per heavy atom. The molecular formula is C30H44N4O6. The topological polar surface area (TPSA) is 168 Å². The minimum atomic E-state index is -0.657. The van der Waals surface area contributed by atoms with E-state index in [9.17, 15) is 19.2 Å². The molecule has 6 N–H and O–H groups in total. The van der Waals surface area contributed by atoms with E-state index in [1.54, 1.807) is 36.4 Å². The van der Waals surface area contributed by atoms with Crippen LogP contribution in [0.15, 0.2) is 36.4 Å². The molecule has 4 rings (SSSR count). The number of ether oxygens (including phenoxy) is 2. The molecular weight excluding hydrogens is 512 g/mol. The molecule has 2 aromatic rings. The highest BCUT2D eigenvalue weighted by atomic mass is 16.6. The van der Waals surface area contributed by atoms with E-state index in [2.05, 4.69) is 14.4 Å². The van der Waals surface area contributed by atoms with Gasteiger partial charge in [-0.3, -0.25) is 0 Å². The van der Waals surface area contributed by atoms with Crippen molar-refractivity contribution in [3.63, 3.8) is 0 Å². The number of carbonyl (C=O) groups is 4. The first-order chi connectivity index (χ1) is 19.4. The van der Waals surface area contributed by atoms with Gasteiger partial charge in [-0.05, 0) is 100 Å². The second-order valence-electron chi connectivity index (χ2n) is 8.56. The summed E-state index contributed by atoms with van der Waals surface area (Å²) in [7, 11) is 0. The fourth-order valence-electron chi connectivity index (χ4n) is 4.00. The largest absolute Gasteiger partial charge is 0.386 e. The average Bonchev–Trinajstić information content (AvgIpc) is 3.43. The maximum absolute atomic E-state index is 11.6. The maximum atomic E-state index is 11.6. The molecule has 0 aromatic heterocycles. The van der Waals surface area contributed by atoms with E-state index in [0.717, 1.165) is 69.7 Å². The normalized spacial score (nSPS) is 12.7. The van der Waals surface area contributed by atoms with Gasteiger partial charge in [-0.25, -0.2) is 19.2 Å². The predicted molar refractivity (Wildman–Crippen MR) is 155 cm³/mol. The van der Waals surface area contributed by atoms with Crippen molar-refractivity contribution in [2.24, 2.45) is 17.2 Å². The van der Waals surface area contributed by atoms with Gasteiger partial charge in [0.1, 0.15) is 0 Å². The van der Waals surface area contributed by atoms with Gasteiger partial charge in [0.25, 0.3) is 0 Å². The van der Waals surface area contributed by atoms with Crippen LogP contribution in [0.3, 0.4) is 0 Å². The average molecular weight is 557 g/mol. The number of esters is 4. The van der Waals surface area contributed by atoms with Crippen molar-refractivity contribution in [1.82, 2.24) is 4.90 Å². The molecule has 40 heavy (non-hydrogen) atoms. The molecule has 0 radical (unpaired) electrons. The lowest BCUT2D eigenvalue weighted by Gasteiger charge is -2.21. The minimum Gasteiger partial charge on any atom is -0.386 e. The molecule has 2 aliphatic rings. The van der Waals surface area contributed by atoms with Crippen LogP contribution < -0.4 is 17.2 Å². The van der Waals surface area contributed by atoms with Crippen LogP contribution in [0.2, 0.25) is 0 Å². The fourth-order valence-corrected chi connectivity index (χ4v) is 4.00. The smallest absolute Gasteiger partial charge is 0.346 e. The van der Waals surface area contributed by atoms with Gasteiger partial charge in [-0.2, -0.15) is 0 Å². The van der Waals surface area contributed by atoms with E-state index in [0.29, 0.717) is 6.42 Å². The van der Waals surface area contributed by atoms with Gasteiger partial charge in [0.05, 0.1) is 22.3 Å². The Kier molecular flexibility index (Phi) is 16.2. The van der Waals surface area contributed by atoms with E-state index in [1.165, 1.54) is 0 Å². The summed E-state index contributed by atoms with van der Waals surface area (Å²) in [5.41, 5.74) is 18.9. The molecule has 0 unspecified atom stereocenters. The number of benzene rings is 2. The Balaban J connectivity index is 0.000000405. The summed E-state index contributed by atoms with van der Waals surface area (Å²) in [6.45, 7) is 13.5. The van der Waals surface area contributed by atoms with E-state index in [-0.39, 0.29) is 22.3 Å². The summed E-state index contributed by atoms with van der Waals surface area (Å²) in [5, 5.41) is 0. The van der Waals surface area contributed by atoms with Crippen molar-refractivity contribution < 1.29 is 28.7 Å². The first-order valence-electron chi connectivity index (χ1n) is 14.0. The van der Waals surface area contributed by atoms with Crippen LogP contribution >= 0.6 is 0 Å². The molecule has 0 spiro atoms. The van der Waals surface area contributed by atoms with Gasteiger partial charge in [0, 0.05) is 0 Å². The number of hydrogen-bond donors (Lipinski definition) is 3. The highest BCUT2D eigenvalue weighted by molar-refractivity contribution is 6.15. The molecule has 2 aliphatic heterocycles. The third-order valence-corrected chi connectivity index (χ3v) is 5.86. The van der Waals surface area contributed by atoms with Crippen molar-refractivity contribution in [2.45, 2.75) is 53.4 Å². The zero-order valence-corrected chi connectivity index (χ0v) is 24.2. The second-order valence-corrected chi connectivity index (χ2v) is 8.56. The van der Waals surface area contributed by atoms with Crippen LogP contribution in [-0.4, -0.2) is 68.0 Å². The summed E-state index contributed by atoms with van der Waals surface area (Å²) in [6, 6.07) is 9.72. The Morgan fingerprint density at radius 1 is 0.550 bits per heavy atom. The summed E-state index contributed by atoms with van der Waals surface area (Å²) < 4.78 is 9.09. The van der Waals surface area contributed by atoms with Crippen LogP contribution in [0.25, 0.3) is 0 Å². The van der Waals surface area contributed by atoms with Gasteiger partial charge >= 0.3 is 23.9 Å². The van der Waals surface area contributed by atoms with Crippen LogP contribution in [0, 0.1) is 0 Å². The van der Waals surface area contributed by atoms with Gasteiger partial charge in [-0.15, -0.1) is 0 Å². The standard InChI is InChI=1S/C17H8O6.C9H24N4.2C2H6/c18-14-10-3-1-8(6-12(10)16(20)22-14)5-9-2-4-11-13(7-9)17(21)23-15(11)19;10-4-1-7-13(8-2-5-11)9-3-6-12;2*1-2/h1-4,6-7H,5H2;1-12H2;2*1-2H3. The molecule has 2 heterocycles. The van der Waals surface area contributed by atoms with E-state index in [1.807, 2.05) is 27.7 Å². The lowest BCUT2D eigenvalue weighted by atomic mass is 9.98. The quantitative estimate of drug-likeness (QED) is 0.276. The number of nitrogens with zero attached hydrogens (tertiary/aromatic N) is 1. The monoisotopic (exact) mass is 556 g/mol. The fraction of sp³-hybridized carbons (Fsp3) is 0.467. The minimum absolute atomic E-state index is 0.239. The summed E-state index contributed by atoms with van der Waals surface area (Å²) in [5.74, 6) is -2.60. The van der Waals surface area contributed by atoms with Crippen LogP contribution in [0.5, 0.6) is 0 Å². The van der Waals surface area contributed by atoms with E-state index >= 15 is 0 Å². The Bertz CT molecular complexity index is 1040. The van der Waals surface area contributed by atoms with Crippen LogP contribution in [-0.2, 0) is 15.9 Å². The molecule has 0 saturated carbocycles. The Morgan fingerprint density at radius 2 is 0.875 bits per heavy atom. The second kappa shape index (κ2) is 18.8. The molecule has 0 atom stereocenters. The van der Waals surface area contributed by atoms with Crippen molar-refractivity contribution in [1.29, 1.82) is 0 Å². The highest BCUT2D eigenvalue weighted by Gasteiger charge is 2.31. The third-order valence-electron chi connectivity index (χ3n) is 5.86. The van der Waals surface area contributed by atoms with E-state index in [4.69, 9.17) is 17.2 Å². The Labute approximate surface area is 237 Å². The number of cyclic esters (lactones) is 4. The number of nitrogens with two attached hydrogens (primary N) is 3. The number of carbonyl (C=O) groups excluding carboxylic acids is 4.